The maximum Gasteiger partial charge on any atom is 0.252 e. The summed E-state index contributed by atoms with van der Waals surface area (Å²) in [6.45, 7) is 32.7. The van der Waals surface area contributed by atoms with E-state index < -0.39 is 0 Å². The van der Waals surface area contributed by atoms with E-state index in [0.717, 1.165) is 0 Å². The van der Waals surface area contributed by atoms with Crippen molar-refractivity contribution in [1.82, 2.24) is 4.57 Å². The van der Waals surface area contributed by atoms with Gasteiger partial charge in [0.15, 0.2) is 0 Å². The Hall–Kier alpha value is -6.10. The van der Waals surface area contributed by atoms with E-state index in [0.29, 0.717) is 0 Å². The quantitative estimate of drug-likeness (QED) is 0.160. The van der Waals surface area contributed by atoms with Crippen LogP contribution in [0.15, 0.2) is 145 Å². The van der Waals surface area contributed by atoms with Crippen LogP contribution in [0.3, 0.4) is 0 Å². The molecule has 0 radical (unpaired) electrons. The third kappa shape index (κ3) is 7.03. The monoisotopic (exact) mass is 904 g/mol. The highest BCUT2D eigenvalue weighted by atomic mass is 32.1. The largest absolute Gasteiger partial charge is 0.315 e. The molecule has 11 rings (SSSR count). The number of anilines is 2. The van der Waals surface area contributed by atoms with Gasteiger partial charge in [-0.3, -0.25) is 0 Å². The van der Waals surface area contributed by atoms with E-state index in [9.17, 15) is 0 Å². The maximum atomic E-state index is 2.67. The van der Waals surface area contributed by atoms with Gasteiger partial charge in [-0.05, 0) is 144 Å². The Morgan fingerprint density at radius 1 is 0.456 bits per heavy atom. The van der Waals surface area contributed by atoms with Crippen LogP contribution in [-0.4, -0.2) is 11.3 Å². The number of aromatic nitrogens is 1. The van der Waals surface area contributed by atoms with Gasteiger partial charge in [-0.2, -0.15) is 0 Å². The third-order valence-electron chi connectivity index (χ3n) is 15.2. The Bertz CT molecular complexity index is 3470. The molecule has 4 heteroatoms. The molecule has 0 aliphatic carbocycles. The van der Waals surface area contributed by atoms with Crippen molar-refractivity contribution in [3.63, 3.8) is 0 Å². The highest BCUT2D eigenvalue weighted by Crippen LogP contribution is 2.49. The van der Waals surface area contributed by atoms with Gasteiger partial charge in [-0.15, -0.1) is 11.3 Å². The number of para-hydroxylation sites is 1. The SMILES string of the molecule is CC1=C(c2cc(C(C)(C)C)ccc2C)B2c3c(cc(C(C)(C)C)cc3-n3c4c2cccc4c2sc4ccccc4c23)N1c1cc(-c2ccc(C(C)(C)C)cc2)cc(-c2ccc(C(C)(C)C)cc2)c1. The molecule has 0 saturated carbocycles. The van der Waals surface area contributed by atoms with Crippen molar-refractivity contribution in [3.05, 3.63) is 179 Å². The topological polar surface area (TPSA) is 8.17 Å². The second-order valence-electron chi connectivity index (χ2n) is 24.0. The second kappa shape index (κ2) is 15.2. The fourth-order valence-corrected chi connectivity index (χ4v) is 12.4. The number of rotatable bonds is 4. The van der Waals surface area contributed by atoms with Crippen molar-refractivity contribution in [2.75, 3.05) is 4.90 Å². The van der Waals surface area contributed by atoms with Gasteiger partial charge in [0.05, 0.1) is 15.7 Å². The molecule has 0 spiro atoms. The first-order valence-electron chi connectivity index (χ1n) is 24.7. The number of hydrogen-bond acceptors (Lipinski definition) is 2. The summed E-state index contributed by atoms with van der Waals surface area (Å²) in [7, 11) is 0. The van der Waals surface area contributed by atoms with Crippen LogP contribution in [0.2, 0.25) is 0 Å². The number of thiophene rings is 1. The molecule has 0 unspecified atom stereocenters. The standard InChI is InChI=1S/C64H65BN2S/c1-38-22-27-46(63(9,10)11)35-51(38)56-39(2)66(48-33-42(40-23-28-44(29-24-40)61(3,4)5)32-43(34-48)41-25-30-45(31-26-41)62(6,7)8)53-36-47(64(12,13)14)37-54-57(53)65(56)52-20-17-19-50-58(52)67(54)59-49-18-15-16-21-55(49)68-60(50)59/h15-37H,1-14H3. The van der Waals surface area contributed by atoms with Crippen molar-refractivity contribution >= 4 is 77.0 Å². The lowest BCUT2D eigenvalue weighted by molar-refractivity contribution is 0.589. The first-order valence-corrected chi connectivity index (χ1v) is 25.5. The maximum absolute atomic E-state index is 2.67. The van der Waals surface area contributed by atoms with E-state index >= 15 is 0 Å². The lowest BCUT2D eigenvalue weighted by Crippen LogP contribution is -2.54. The average Bonchev–Trinajstić information content (AvgIpc) is 3.82. The Morgan fingerprint density at radius 2 is 1.00 bits per heavy atom. The molecule has 0 bridgehead atoms. The molecule has 2 aliphatic heterocycles. The zero-order chi connectivity index (χ0) is 48.0. The molecule has 0 N–H and O–H groups in total. The zero-order valence-electron chi connectivity index (χ0n) is 42.7. The minimum Gasteiger partial charge on any atom is -0.315 e. The third-order valence-corrected chi connectivity index (χ3v) is 16.4. The van der Waals surface area contributed by atoms with Crippen molar-refractivity contribution in [2.45, 2.75) is 119 Å². The Kier molecular flexibility index (Phi) is 9.93. The molecule has 0 amide bonds. The fourth-order valence-electron chi connectivity index (χ4n) is 11.2. The lowest BCUT2D eigenvalue weighted by Gasteiger charge is -2.43. The molecule has 0 atom stereocenters. The van der Waals surface area contributed by atoms with Crippen molar-refractivity contribution < 1.29 is 0 Å². The summed E-state index contributed by atoms with van der Waals surface area (Å²) in [6.07, 6.45) is 0. The van der Waals surface area contributed by atoms with Crippen LogP contribution in [0.5, 0.6) is 0 Å². The highest BCUT2D eigenvalue weighted by Gasteiger charge is 2.44. The summed E-state index contributed by atoms with van der Waals surface area (Å²) in [4.78, 5) is 2.65. The Labute approximate surface area is 409 Å². The van der Waals surface area contributed by atoms with E-state index in [4.69, 9.17) is 0 Å². The number of hydrogen-bond donors (Lipinski definition) is 0. The minimum atomic E-state index is -0.113. The van der Waals surface area contributed by atoms with Gasteiger partial charge in [0.2, 0.25) is 0 Å². The van der Waals surface area contributed by atoms with Crippen LogP contribution >= 0.6 is 11.3 Å². The van der Waals surface area contributed by atoms with Crippen molar-refractivity contribution in [3.8, 4) is 27.9 Å². The van der Waals surface area contributed by atoms with E-state index in [1.165, 1.54) is 126 Å². The summed E-state index contributed by atoms with van der Waals surface area (Å²) < 4.78 is 5.38. The molecule has 7 aromatic carbocycles. The number of fused-ring (bicyclic) bond motifs is 7. The predicted molar refractivity (Wildman–Crippen MR) is 299 cm³/mol. The van der Waals surface area contributed by atoms with Gasteiger partial charge < -0.3 is 9.47 Å². The van der Waals surface area contributed by atoms with E-state index in [2.05, 4.69) is 246 Å². The van der Waals surface area contributed by atoms with Gasteiger partial charge >= 0.3 is 0 Å². The highest BCUT2D eigenvalue weighted by molar-refractivity contribution is 7.26. The molecule has 2 aliphatic rings. The van der Waals surface area contributed by atoms with Crippen LogP contribution < -0.4 is 15.8 Å². The molecule has 68 heavy (non-hydrogen) atoms. The smallest absolute Gasteiger partial charge is 0.252 e. The van der Waals surface area contributed by atoms with Gasteiger partial charge in [0, 0.05) is 38.2 Å². The van der Waals surface area contributed by atoms with Gasteiger partial charge in [0.25, 0.3) is 6.71 Å². The summed E-state index contributed by atoms with van der Waals surface area (Å²) in [5.74, 6) is 0. The van der Waals surface area contributed by atoms with Crippen molar-refractivity contribution in [2.24, 2.45) is 0 Å². The number of allylic oxidation sites excluding steroid dienone is 1. The zero-order valence-corrected chi connectivity index (χ0v) is 43.5. The number of nitrogens with zero attached hydrogens (tertiary/aromatic N) is 2. The molecule has 2 aromatic heterocycles. The van der Waals surface area contributed by atoms with Crippen LogP contribution in [0, 0.1) is 6.92 Å². The normalized spacial score (nSPS) is 14.2. The van der Waals surface area contributed by atoms with E-state index in [1.54, 1.807) is 0 Å². The molecule has 340 valence electrons. The minimum absolute atomic E-state index is 0.0168. The Morgan fingerprint density at radius 3 is 1.59 bits per heavy atom. The first kappa shape index (κ1) is 44.4. The lowest BCUT2D eigenvalue weighted by atomic mass is 9.32. The number of benzene rings is 7. The van der Waals surface area contributed by atoms with E-state index in [-0.39, 0.29) is 28.4 Å². The molecule has 4 heterocycles. The van der Waals surface area contributed by atoms with Gasteiger partial charge in [-0.25, -0.2) is 0 Å². The molecular weight excluding hydrogens is 840 g/mol. The molecule has 9 aromatic rings. The summed E-state index contributed by atoms with van der Waals surface area (Å²) in [6, 6.07) is 54.5. The first-order chi connectivity index (χ1) is 32.1. The molecule has 0 fully saturated rings. The van der Waals surface area contributed by atoms with Crippen LogP contribution in [0.1, 0.15) is 123 Å². The summed E-state index contributed by atoms with van der Waals surface area (Å²) in [5, 5.41) is 2.67. The van der Waals surface area contributed by atoms with Gasteiger partial charge in [0.1, 0.15) is 0 Å². The number of aryl methyl sites for hydroxylation is 1. The molecule has 0 saturated heterocycles. The summed E-state index contributed by atoms with van der Waals surface area (Å²) >= 11 is 1.94. The molecule has 2 nitrogen and oxygen atoms in total. The molecular formula is C64H65BN2S. The Balaban J connectivity index is 1.27. The predicted octanol–water partition coefficient (Wildman–Crippen LogP) is 16.9. The fraction of sp³-hybridized carbons (Fsp3) is 0.281. The van der Waals surface area contributed by atoms with E-state index in [1.807, 2.05) is 11.3 Å². The van der Waals surface area contributed by atoms with Gasteiger partial charge in [-0.1, -0.05) is 186 Å². The van der Waals surface area contributed by atoms with Crippen LogP contribution in [-0.2, 0) is 21.7 Å². The van der Waals surface area contributed by atoms with Crippen LogP contribution in [0.25, 0.3) is 64.6 Å². The second-order valence-corrected chi connectivity index (χ2v) is 25.1. The van der Waals surface area contributed by atoms with Crippen LogP contribution in [0.4, 0.5) is 11.4 Å². The average molecular weight is 905 g/mol. The van der Waals surface area contributed by atoms with Crippen molar-refractivity contribution in [1.29, 1.82) is 0 Å². The summed E-state index contributed by atoms with van der Waals surface area (Å²) in [5.41, 5.74) is 24.7.